The molecule has 2 unspecified atom stereocenters. The second-order valence-corrected chi connectivity index (χ2v) is 7.28. The van der Waals surface area contributed by atoms with Crippen LogP contribution in [0.1, 0.15) is 48.9 Å². The number of carboxylic acids is 1. The first kappa shape index (κ1) is 16.4. The Morgan fingerprint density at radius 1 is 1.32 bits per heavy atom. The van der Waals surface area contributed by atoms with Gasteiger partial charge in [0.2, 0.25) is 5.88 Å². The highest BCUT2D eigenvalue weighted by molar-refractivity contribution is 6.01. The van der Waals surface area contributed by atoms with Crippen LogP contribution in [0.2, 0.25) is 0 Å². The Bertz CT molecular complexity index is 753. The van der Waals surface area contributed by atoms with E-state index in [4.69, 9.17) is 4.74 Å². The summed E-state index contributed by atoms with van der Waals surface area (Å²) in [4.78, 5) is 21.1. The molecule has 2 saturated heterocycles. The number of aromatic carboxylic acids is 1. The fraction of sp³-hybridized carbons (Fsp3) is 0.579. The number of nitrogens with one attached hydrogen (secondary N) is 1. The molecule has 0 aromatic carbocycles. The molecular formula is C19H25N3O3. The molecule has 6 nitrogen and oxygen atoms in total. The first-order chi connectivity index (χ1) is 12.2. The third-order valence-electron chi connectivity index (χ3n) is 5.63. The van der Waals surface area contributed by atoms with Crippen LogP contribution in [0.5, 0.6) is 5.88 Å². The van der Waals surface area contributed by atoms with E-state index in [0.717, 1.165) is 24.9 Å². The first-order valence-corrected chi connectivity index (χ1v) is 9.29. The first-order valence-electron chi connectivity index (χ1n) is 9.29. The number of carboxylic acid groups (broad SMARTS) is 1. The predicted octanol–water partition coefficient (Wildman–Crippen LogP) is 3.29. The van der Waals surface area contributed by atoms with E-state index in [-0.39, 0.29) is 5.56 Å². The summed E-state index contributed by atoms with van der Waals surface area (Å²) in [5, 5.41) is 9.19. The summed E-state index contributed by atoms with van der Waals surface area (Å²) in [6.07, 6.45) is 9.34. The largest absolute Gasteiger partial charge is 0.478 e. The molecule has 0 radical (unpaired) electrons. The van der Waals surface area contributed by atoms with E-state index in [9.17, 15) is 9.90 Å². The molecule has 2 aromatic rings. The van der Waals surface area contributed by atoms with E-state index in [2.05, 4.69) is 14.9 Å². The zero-order chi connectivity index (χ0) is 17.2. The van der Waals surface area contributed by atoms with Crippen LogP contribution < -0.4 is 4.74 Å². The molecule has 2 aromatic heterocycles. The van der Waals surface area contributed by atoms with E-state index < -0.39 is 5.97 Å². The lowest BCUT2D eigenvalue weighted by atomic mass is 9.94. The van der Waals surface area contributed by atoms with Crippen LogP contribution in [-0.4, -0.2) is 51.7 Å². The number of nitrogens with zero attached hydrogens (tertiary/aromatic N) is 2. The van der Waals surface area contributed by atoms with Crippen molar-refractivity contribution in [3.05, 3.63) is 23.9 Å². The van der Waals surface area contributed by atoms with Gasteiger partial charge in [-0.2, -0.15) is 0 Å². The van der Waals surface area contributed by atoms with Crippen LogP contribution in [0.3, 0.4) is 0 Å². The summed E-state index contributed by atoms with van der Waals surface area (Å²) in [6.45, 7) is 2.94. The summed E-state index contributed by atoms with van der Waals surface area (Å²) in [7, 11) is 0. The molecular weight excluding hydrogens is 318 g/mol. The SMILES string of the molecule is O=C(O)c1c[nH]c2ccc(OCCCN3CC4CCCC3CC4)nc12. The Hall–Kier alpha value is -2.08. The molecule has 0 spiro atoms. The number of piperidine rings is 1. The van der Waals surface area contributed by atoms with E-state index in [1.807, 2.05) is 6.07 Å². The summed E-state index contributed by atoms with van der Waals surface area (Å²) in [5.41, 5.74) is 1.35. The zero-order valence-corrected chi connectivity index (χ0v) is 14.4. The van der Waals surface area contributed by atoms with Gasteiger partial charge < -0.3 is 14.8 Å². The van der Waals surface area contributed by atoms with Crippen molar-refractivity contribution in [2.75, 3.05) is 19.7 Å². The minimum absolute atomic E-state index is 0.182. The molecule has 1 saturated carbocycles. The molecule has 2 N–H and O–H groups in total. The Morgan fingerprint density at radius 3 is 3.12 bits per heavy atom. The number of hydrogen-bond acceptors (Lipinski definition) is 4. The van der Waals surface area contributed by atoms with Gasteiger partial charge in [-0.1, -0.05) is 6.42 Å². The van der Waals surface area contributed by atoms with Crippen LogP contribution >= 0.6 is 0 Å². The van der Waals surface area contributed by atoms with Crippen molar-refractivity contribution in [1.82, 2.24) is 14.9 Å². The molecule has 3 fully saturated rings. The van der Waals surface area contributed by atoms with Gasteiger partial charge in [-0.05, 0) is 44.1 Å². The Kier molecular flexibility index (Phi) is 4.61. The molecule has 5 rings (SSSR count). The molecule has 0 amide bonds. The predicted molar refractivity (Wildman–Crippen MR) is 95.1 cm³/mol. The van der Waals surface area contributed by atoms with Gasteiger partial charge >= 0.3 is 5.97 Å². The van der Waals surface area contributed by atoms with Crippen LogP contribution in [0.15, 0.2) is 18.3 Å². The minimum Gasteiger partial charge on any atom is -0.478 e. The van der Waals surface area contributed by atoms with Crippen molar-refractivity contribution in [3.8, 4) is 5.88 Å². The smallest absolute Gasteiger partial charge is 0.339 e. The summed E-state index contributed by atoms with van der Waals surface area (Å²) in [6, 6.07) is 4.38. The van der Waals surface area contributed by atoms with Crippen LogP contribution in [0, 0.1) is 5.92 Å². The van der Waals surface area contributed by atoms with Crippen molar-refractivity contribution >= 4 is 17.0 Å². The number of rotatable bonds is 6. The van der Waals surface area contributed by atoms with Gasteiger partial charge in [0, 0.05) is 31.4 Å². The Morgan fingerprint density at radius 2 is 2.24 bits per heavy atom. The highest BCUT2D eigenvalue weighted by atomic mass is 16.5. The van der Waals surface area contributed by atoms with Crippen molar-refractivity contribution in [3.63, 3.8) is 0 Å². The number of H-pyrrole nitrogens is 1. The van der Waals surface area contributed by atoms with Crippen molar-refractivity contribution in [1.29, 1.82) is 0 Å². The fourth-order valence-corrected chi connectivity index (χ4v) is 4.33. The second-order valence-electron chi connectivity index (χ2n) is 7.28. The number of aromatic amines is 1. The second kappa shape index (κ2) is 7.04. The maximum atomic E-state index is 11.2. The van der Waals surface area contributed by atoms with Gasteiger partial charge in [-0.15, -0.1) is 0 Å². The fourth-order valence-electron chi connectivity index (χ4n) is 4.33. The molecule has 4 heterocycles. The maximum Gasteiger partial charge on any atom is 0.339 e. The van der Waals surface area contributed by atoms with Crippen LogP contribution in [0.25, 0.3) is 11.0 Å². The monoisotopic (exact) mass is 343 g/mol. The number of ether oxygens (including phenoxy) is 1. The number of fused-ring (bicyclic) bond motifs is 5. The van der Waals surface area contributed by atoms with Crippen molar-refractivity contribution in [2.24, 2.45) is 5.92 Å². The lowest BCUT2D eigenvalue weighted by molar-refractivity contribution is 0.0699. The summed E-state index contributed by atoms with van der Waals surface area (Å²) in [5.74, 6) is 0.408. The minimum atomic E-state index is -0.980. The van der Waals surface area contributed by atoms with Gasteiger partial charge in [0.15, 0.2) is 0 Å². The summed E-state index contributed by atoms with van der Waals surface area (Å²) < 4.78 is 5.78. The number of pyridine rings is 1. The van der Waals surface area contributed by atoms with Gasteiger partial charge in [0.1, 0.15) is 11.1 Å². The zero-order valence-electron chi connectivity index (χ0n) is 14.4. The average molecular weight is 343 g/mol. The molecule has 2 aliphatic heterocycles. The van der Waals surface area contributed by atoms with E-state index >= 15 is 0 Å². The van der Waals surface area contributed by atoms with Gasteiger partial charge in [0.05, 0.1) is 12.1 Å². The normalized spacial score (nSPS) is 23.7. The van der Waals surface area contributed by atoms with Crippen LogP contribution in [-0.2, 0) is 0 Å². The topological polar surface area (TPSA) is 78.4 Å². The number of aromatic nitrogens is 2. The molecule has 2 bridgehead atoms. The van der Waals surface area contributed by atoms with E-state index in [0.29, 0.717) is 23.5 Å². The molecule has 2 atom stereocenters. The standard InChI is InChI=1S/C19H25N3O3/c23-19(24)15-11-20-16-7-8-17(21-18(15)16)25-10-2-9-22-12-13-3-1-4-14(22)6-5-13/h7-8,11,13-14,20H,1-6,9-10,12H2,(H,23,24). The third-order valence-corrected chi connectivity index (χ3v) is 5.63. The van der Waals surface area contributed by atoms with Gasteiger partial charge in [-0.25, -0.2) is 9.78 Å². The van der Waals surface area contributed by atoms with Gasteiger partial charge in [0.25, 0.3) is 0 Å². The lowest BCUT2D eigenvalue weighted by Gasteiger charge is -2.36. The number of carbonyl (C=O) groups is 1. The Labute approximate surface area is 147 Å². The Balaban J connectivity index is 1.32. The summed E-state index contributed by atoms with van der Waals surface area (Å²) >= 11 is 0. The molecule has 6 heteroatoms. The molecule has 25 heavy (non-hydrogen) atoms. The van der Waals surface area contributed by atoms with E-state index in [1.165, 1.54) is 44.8 Å². The van der Waals surface area contributed by atoms with Crippen LogP contribution in [0.4, 0.5) is 0 Å². The highest BCUT2D eigenvalue weighted by Gasteiger charge is 2.30. The van der Waals surface area contributed by atoms with Crippen molar-refractivity contribution < 1.29 is 14.6 Å². The molecule has 134 valence electrons. The average Bonchev–Trinajstić information content (AvgIpc) is 2.77. The number of hydrogen-bond donors (Lipinski definition) is 2. The van der Waals surface area contributed by atoms with Crippen molar-refractivity contribution in [2.45, 2.75) is 44.6 Å². The quantitative estimate of drug-likeness (QED) is 0.787. The molecule has 1 aliphatic carbocycles. The third kappa shape index (κ3) is 3.49. The molecule has 3 aliphatic rings. The van der Waals surface area contributed by atoms with Gasteiger partial charge in [-0.3, -0.25) is 4.90 Å². The van der Waals surface area contributed by atoms with E-state index in [1.54, 1.807) is 6.07 Å². The highest BCUT2D eigenvalue weighted by Crippen LogP contribution is 2.33. The lowest BCUT2D eigenvalue weighted by Crippen LogP contribution is -2.42. The maximum absolute atomic E-state index is 11.2.